The molecule has 0 aliphatic heterocycles. The van der Waals surface area contributed by atoms with Crippen LogP contribution < -0.4 is 0 Å². The van der Waals surface area contributed by atoms with E-state index in [2.05, 4.69) is 32.1 Å². The van der Waals surface area contributed by atoms with Gasteiger partial charge in [0.15, 0.2) is 5.78 Å². The van der Waals surface area contributed by atoms with Crippen LogP contribution in [0.1, 0.15) is 65.7 Å². The second-order valence-electron chi connectivity index (χ2n) is 8.48. The van der Waals surface area contributed by atoms with Gasteiger partial charge in [-0.2, -0.15) is 0 Å². The van der Waals surface area contributed by atoms with E-state index in [0.717, 1.165) is 23.8 Å². The Bertz CT molecular complexity index is 620. The fourth-order valence-corrected chi connectivity index (χ4v) is 6.13. The summed E-state index contributed by atoms with van der Waals surface area (Å²) in [6.07, 6.45) is 16.2. The molecule has 1 unspecified atom stereocenters. The number of carbonyl (C=O) groups excluding carboxylic acids is 1. The SMILES string of the molecule is CC(=O)C1=CC=C2C3=CCC4CCCC[C@]4(C)[C@H]3CC[C@]12C. The first-order chi connectivity index (χ1) is 10.5. The minimum atomic E-state index is -0.00791. The lowest BCUT2D eigenvalue weighted by atomic mass is 9.49. The molecular formula is C21H28O. The maximum Gasteiger partial charge on any atom is 0.156 e. The maximum atomic E-state index is 12.0. The van der Waals surface area contributed by atoms with Crippen molar-refractivity contribution in [1.29, 1.82) is 0 Å². The molecule has 0 aromatic rings. The molecule has 4 aliphatic carbocycles. The van der Waals surface area contributed by atoms with Crippen LogP contribution in [-0.2, 0) is 4.79 Å². The summed E-state index contributed by atoms with van der Waals surface area (Å²) in [5, 5.41) is 0. The largest absolute Gasteiger partial charge is 0.295 e. The molecule has 4 atom stereocenters. The van der Waals surface area contributed by atoms with Gasteiger partial charge in [0.2, 0.25) is 0 Å². The zero-order chi connectivity index (χ0) is 15.5. The topological polar surface area (TPSA) is 17.1 Å². The molecule has 0 aromatic carbocycles. The van der Waals surface area contributed by atoms with Crippen LogP contribution in [-0.4, -0.2) is 5.78 Å². The van der Waals surface area contributed by atoms with Gasteiger partial charge in [-0.05, 0) is 67.4 Å². The van der Waals surface area contributed by atoms with Gasteiger partial charge in [-0.3, -0.25) is 4.79 Å². The van der Waals surface area contributed by atoms with Gasteiger partial charge in [0, 0.05) is 11.0 Å². The van der Waals surface area contributed by atoms with E-state index in [9.17, 15) is 4.79 Å². The van der Waals surface area contributed by atoms with Crippen LogP contribution in [0.15, 0.2) is 34.9 Å². The number of hydrogen-bond acceptors (Lipinski definition) is 1. The van der Waals surface area contributed by atoms with Crippen molar-refractivity contribution in [1.82, 2.24) is 0 Å². The molecule has 22 heavy (non-hydrogen) atoms. The number of hydrogen-bond donors (Lipinski definition) is 0. The van der Waals surface area contributed by atoms with E-state index in [1.165, 1.54) is 44.1 Å². The number of carbonyl (C=O) groups is 1. The van der Waals surface area contributed by atoms with Crippen LogP contribution in [0.25, 0.3) is 0 Å². The van der Waals surface area contributed by atoms with Crippen molar-refractivity contribution in [2.45, 2.75) is 65.7 Å². The molecule has 0 amide bonds. The highest BCUT2D eigenvalue weighted by molar-refractivity contribution is 5.97. The Morgan fingerprint density at radius 1 is 1.14 bits per heavy atom. The number of Topliss-reactive ketones (excluding diaryl/α,β-unsaturated/α-hetero) is 1. The highest BCUT2D eigenvalue weighted by atomic mass is 16.1. The first kappa shape index (κ1) is 14.5. The molecule has 0 saturated heterocycles. The van der Waals surface area contributed by atoms with E-state index in [4.69, 9.17) is 0 Å². The molecule has 1 heteroatoms. The van der Waals surface area contributed by atoms with Crippen molar-refractivity contribution in [2.24, 2.45) is 22.7 Å². The second-order valence-corrected chi connectivity index (χ2v) is 8.48. The molecule has 0 heterocycles. The first-order valence-electron chi connectivity index (χ1n) is 9.11. The van der Waals surface area contributed by atoms with Gasteiger partial charge in [-0.1, -0.05) is 44.9 Å². The highest BCUT2D eigenvalue weighted by Gasteiger charge is 2.53. The summed E-state index contributed by atoms with van der Waals surface area (Å²) < 4.78 is 0. The number of rotatable bonds is 1. The van der Waals surface area contributed by atoms with Gasteiger partial charge >= 0.3 is 0 Å². The van der Waals surface area contributed by atoms with Gasteiger partial charge in [0.25, 0.3) is 0 Å². The van der Waals surface area contributed by atoms with Crippen molar-refractivity contribution in [3.05, 3.63) is 34.9 Å². The van der Waals surface area contributed by atoms with E-state index in [0.29, 0.717) is 5.41 Å². The third-order valence-electron chi connectivity index (χ3n) is 7.47. The minimum absolute atomic E-state index is 0.00791. The fraction of sp³-hybridized carbons (Fsp3) is 0.667. The van der Waals surface area contributed by atoms with E-state index in [1.807, 2.05) is 0 Å². The predicted molar refractivity (Wildman–Crippen MR) is 90.4 cm³/mol. The average Bonchev–Trinajstić information content (AvgIpc) is 2.84. The monoisotopic (exact) mass is 296 g/mol. The number of ketones is 1. The normalized spacial score (nSPS) is 43.3. The Kier molecular flexibility index (Phi) is 3.09. The summed E-state index contributed by atoms with van der Waals surface area (Å²) in [6, 6.07) is 0. The lowest BCUT2D eigenvalue weighted by molar-refractivity contribution is -0.114. The maximum absolute atomic E-state index is 12.0. The molecule has 0 bridgehead atoms. The Balaban J connectivity index is 1.73. The lowest BCUT2D eigenvalue weighted by Crippen LogP contribution is -2.45. The Labute approximate surface area is 134 Å². The molecule has 4 aliphatic rings. The molecular weight excluding hydrogens is 268 g/mol. The first-order valence-corrected chi connectivity index (χ1v) is 9.11. The molecule has 0 spiro atoms. The molecule has 2 saturated carbocycles. The molecule has 0 radical (unpaired) electrons. The molecule has 1 nitrogen and oxygen atoms in total. The highest BCUT2D eigenvalue weighted by Crippen LogP contribution is 2.63. The summed E-state index contributed by atoms with van der Waals surface area (Å²) in [6.45, 7) is 6.59. The van der Waals surface area contributed by atoms with Gasteiger partial charge in [0.1, 0.15) is 0 Å². The van der Waals surface area contributed by atoms with Gasteiger partial charge in [-0.15, -0.1) is 0 Å². The average molecular weight is 296 g/mol. The van der Waals surface area contributed by atoms with E-state index < -0.39 is 0 Å². The molecule has 118 valence electrons. The van der Waals surface area contributed by atoms with E-state index in [1.54, 1.807) is 12.5 Å². The number of allylic oxidation sites excluding steroid dienone is 6. The molecule has 4 rings (SSSR count). The zero-order valence-corrected chi connectivity index (χ0v) is 14.2. The van der Waals surface area contributed by atoms with Crippen molar-refractivity contribution in [2.75, 3.05) is 0 Å². The van der Waals surface area contributed by atoms with Crippen LogP contribution >= 0.6 is 0 Å². The van der Waals surface area contributed by atoms with Crippen LogP contribution in [0.3, 0.4) is 0 Å². The van der Waals surface area contributed by atoms with E-state index >= 15 is 0 Å². The standard InChI is InChI=1S/C21H28O/c1-14(22)17-9-10-18-16-8-7-15-6-4-5-12-20(15,2)19(16)11-13-21(17,18)3/h8-10,15,19H,4-7,11-13H2,1-3H3/t15?,19-,20-,21+/m0/s1. The molecule has 0 aromatic heterocycles. The fourth-order valence-electron chi connectivity index (χ4n) is 6.13. The Morgan fingerprint density at radius 2 is 1.95 bits per heavy atom. The van der Waals surface area contributed by atoms with Crippen LogP contribution in [0.4, 0.5) is 0 Å². The third-order valence-corrected chi connectivity index (χ3v) is 7.47. The van der Waals surface area contributed by atoms with E-state index in [-0.39, 0.29) is 11.2 Å². The van der Waals surface area contributed by atoms with Gasteiger partial charge in [-0.25, -0.2) is 0 Å². The van der Waals surface area contributed by atoms with Crippen LogP contribution in [0.2, 0.25) is 0 Å². The van der Waals surface area contributed by atoms with Crippen molar-refractivity contribution in [3.63, 3.8) is 0 Å². The van der Waals surface area contributed by atoms with Gasteiger partial charge in [0.05, 0.1) is 0 Å². The second kappa shape index (κ2) is 4.69. The van der Waals surface area contributed by atoms with Crippen molar-refractivity contribution in [3.8, 4) is 0 Å². The van der Waals surface area contributed by atoms with Crippen LogP contribution in [0, 0.1) is 22.7 Å². The smallest absolute Gasteiger partial charge is 0.156 e. The summed E-state index contributed by atoms with van der Waals surface area (Å²) in [7, 11) is 0. The van der Waals surface area contributed by atoms with Crippen molar-refractivity contribution >= 4 is 5.78 Å². The summed E-state index contributed by atoms with van der Waals surface area (Å²) in [5.41, 5.74) is 4.61. The van der Waals surface area contributed by atoms with Crippen LogP contribution in [0.5, 0.6) is 0 Å². The third kappa shape index (κ3) is 1.74. The molecule has 2 fully saturated rings. The van der Waals surface area contributed by atoms with Crippen molar-refractivity contribution < 1.29 is 4.79 Å². The quantitative estimate of drug-likeness (QED) is 0.634. The molecule has 0 N–H and O–H groups in total. The zero-order valence-electron chi connectivity index (χ0n) is 14.2. The lowest BCUT2D eigenvalue weighted by Gasteiger charge is -2.55. The number of fused-ring (bicyclic) bond motifs is 5. The Hall–Kier alpha value is -1.11. The Morgan fingerprint density at radius 3 is 2.73 bits per heavy atom. The summed E-state index contributed by atoms with van der Waals surface area (Å²) >= 11 is 0. The minimum Gasteiger partial charge on any atom is -0.295 e. The predicted octanol–water partition coefficient (Wildman–Crippen LogP) is 5.38. The van der Waals surface area contributed by atoms with Gasteiger partial charge < -0.3 is 0 Å². The summed E-state index contributed by atoms with van der Waals surface area (Å²) in [5.74, 6) is 1.87. The summed E-state index contributed by atoms with van der Waals surface area (Å²) in [4.78, 5) is 12.0.